The van der Waals surface area contributed by atoms with Gasteiger partial charge in [-0.15, -0.1) is 10.2 Å². The topological polar surface area (TPSA) is 68.0 Å². The summed E-state index contributed by atoms with van der Waals surface area (Å²) < 4.78 is 5.58. The van der Waals surface area contributed by atoms with Crippen LogP contribution in [0.15, 0.2) is 28.7 Å². The van der Waals surface area contributed by atoms with Crippen molar-refractivity contribution in [3.63, 3.8) is 0 Å². The fourth-order valence-corrected chi connectivity index (χ4v) is 1.92. The lowest BCUT2D eigenvalue weighted by atomic mass is 10.1. The zero-order valence-electron chi connectivity index (χ0n) is 11.4. The van der Waals surface area contributed by atoms with Gasteiger partial charge in [-0.2, -0.15) is 0 Å². The van der Waals surface area contributed by atoms with Crippen molar-refractivity contribution in [2.24, 2.45) is 0 Å². The predicted octanol–water partition coefficient (Wildman–Crippen LogP) is 2.26. The van der Waals surface area contributed by atoms with Crippen LogP contribution in [0.5, 0.6) is 0 Å². The van der Waals surface area contributed by atoms with Gasteiger partial charge < -0.3 is 9.73 Å². The lowest BCUT2D eigenvalue weighted by Crippen LogP contribution is -2.25. The van der Waals surface area contributed by atoms with Crippen LogP contribution in [0, 0.1) is 6.92 Å². The number of hydrogen-bond acceptors (Lipinski definition) is 4. The largest absolute Gasteiger partial charge is 0.421 e. The number of aromatic nitrogens is 2. The molecule has 0 spiro atoms. The van der Waals surface area contributed by atoms with E-state index in [9.17, 15) is 4.79 Å². The molecule has 5 heteroatoms. The molecule has 20 heavy (non-hydrogen) atoms. The van der Waals surface area contributed by atoms with Gasteiger partial charge in [0.1, 0.15) is 0 Å². The van der Waals surface area contributed by atoms with Crippen LogP contribution in [0.25, 0.3) is 11.5 Å². The van der Waals surface area contributed by atoms with Crippen LogP contribution in [0.1, 0.15) is 30.7 Å². The lowest BCUT2D eigenvalue weighted by molar-refractivity contribution is -0.121. The van der Waals surface area contributed by atoms with Gasteiger partial charge in [-0.05, 0) is 31.9 Å². The molecule has 1 aromatic carbocycles. The summed E-state index contributed by atoms with van der Waals surface area (Å²) in [5, 5.41) is 10.9. The lowest BCUT2D eigenvalue weighted by Gasteiger charge is -2.00. The summed E-state index contributed by atoms with van der Waals surface area (Å²) in [5.74, 6) is 1.07. The molecule has 1 aliphatic rings. The Balaban J connectivity index is 1.58. The van der Waals surface area contributed by atoms with E-state index in [2.05, 4.69) is 15.5 Å². The number of carbonyl (C=O) groups excluding carboxylic acids is 1. The second kappa shape index (κ2) is 5.45. The molecule has 1 aliphatic carbocycles. The first-order valence-electron chi connectivity index (χ1n) is 6.89. The molecule has 1 heterocycles. The van der Waals surface area contributed by atoms with Crippen molar-refractivity contribution in [3.05, 3.63) is 35.7 Å². The van der Waals surface area contributed by atoms with Gasteiger partial charge >= 0.3 is 0 Å². The summed E-state index contributed by atoms with van der Waals surface area (Å²) >= 11 is 0. The normalized spacial score (nSPS) is 14.2. The van der Waals surface area contributed by atoms with Crippen molar-refractivity contribution < 1.29 is 9.21 Å². The van der Waals surface area contributed by atoms with Gasteiger partial charge in [-0.3, -0.25) is 4.79 Å². The van der Waals surface area contributed by atoms with E-state index >= 15 is 0 Å². The van der Waals surface area contributed by atoms with Crippen molar-refractivity contribution in [2.75, 3.05) is 0 Å². The first-order valence-corrected chi connectivity index (χ1v) is 6.89. The minimum Gasteiger partial charge on any atom is -0.421 e. The maximum absolute atomic E-state index is 11.6. The predicted molar refractivity (Wildman–Crippen MR) is 74.0 cm³/mol. The molecule has 104 valence electrons. The molecule has 3 rings (SSSR count). The Hall–Kier alpha value is -2.17. The molecule has 0 unspecified atom stereocenters. The molecule has 1 N–H and O–H groups in total. The number of nitrogens with zero attached hydrogens (tertiary/aromatic N) is 2. The van der Waals surface area contributed by atoms with Crippen molar-refractivity contribution in [1.29, 1.82) is 0 Å². The monoisotopic (exact) mass is 271 g/mol. The molecule has 0 aliphatic heterocycles. The van der Waals surface area contributed by atoms with E-state index in [0.29, 0.717) is 30.7 Å². The van der Waals surface area contributed by atoms with Gasteiger partial charge in [0.2, 0.25) is 17.7 Å². The van der Waals surface area contributed by atoms with Crippen LogP contribution in [-0.4, -0.2) is 22.1 Å². The van der Waals surface area contributed by atoms with E-state index in [1.54, 1.807) is 0 Å². The second-order valence-electron chi connectivity index (χ2n) is 5.21. The maximum atomic E-state index is 11.6. The second-order valence-corrected chi connectivity index (χ2v) is 5.21. The standard InChI is InChI=1S/C15H17N3O2/c1-10-2-4-11(5-3-10)15-18-17-14(20-15)9-8-13(19)16-12-6-7-12/h2-5,12H,6-9H2,1H3,(H,16,19). The van der Waals surface area contributed by atoms with E-state index in [0.717, 1.165) is 18.4 Å². The number of hydrogen-bond donors (Lipinski definition) is 1. The number of rotatable bonds is 5. The number of nitrogens with one attached hydrogen (secondary N) is 1. The number of carbonyl (C=O) groups is 1. The van der Waals surface area contributed by atoms with Gasteiger partial charge in [0.05, 0.1) is 0 Å². The van der Waals surface area contributed by atoms with E-state index in [-0.39, 0.29) is 5.91 Å². The van der Waals surface area contributed by atoms with Gasteiger partial charge in [0.25, 0.3) is 0 Å². The maximum Gasteiger partial charge on any atom is 0.247 e. The highest BCUT2D eigenvalue weighted by Crippen LogP contribution is 2.20. The molecule has 1 saturated carbocycles. The van der Waals surface area contributed by atoms with Crippen LogP contribution < -0.4 is 5.32 Å². The fourth-order valence-electron chi connectivity index (χ4n) is 1.92. The Morgan fingerprint density at radius 2 is 2.05 bits per heavy atom. The third kappa shape index (κ3) is 3.23. The minimum absolute atomic E-state index is 0.0579. The molecule has 1 amide bonds. The third-order valence-corrected chi connectivity index (χ3v) is 3.27. The number of amides is 1. The van der Waals surface area contributed by atoms with Crippen molar-refractivity contribution >= 4 is 5.91 Å². The summed E-state index contributed by atoms with van der Waals surface area (Å²) in [6.45, 7) is 2.03. The Labute approximate surface area is 117 Å². The van der Waals surface area contributed by atoms with Gasteiger partial charge in [0.15, 0.2) is 0 Å². The Morgan fingerprint density at radius 1 is 1.30 bits per heavy atom. The zero-order valence-corrected chi connectivity index (χ0v) is 11.4. The average molecular weight is 271 g/mol. The smallest absolute Gasteiger partial charge is 0.247 e. The van der Waals surface area contributed by atoms with Crippen LogP contribution in [0.2, 0.25) is 0 Å². The SMILES string of the molecule is Cc1ccc(-c2nnc(CCC(=O)NC3CC3)o2)cc1. The summed E-state index contributed by atoms with van der Waals surface area (Å²) in [5.41, 5.74) is 2.09. The molecule has 5 nitrogen and oxygen atoms in total. The van der Waals surface area contributed by atoms with E-state index in [1.165, 1.54) is 5.56 Å². The van der Waals surface area contributed by atoms with Gasteiger partial charge in [-0.1, -0.05) is 17.7 Å². The van der Waals surface area contributed by atoms with Crippen molar-refractivity contribution in [2.45, 2.75) is 38.6 Å². The minimum atomic E-state index is 0.0579. The van der Waals surface area contributed by atoms with E-state index in [4.69, 9.17) is 4.42 Å². The average Bonchev–Trinajstić information content (AvgIpc) is 3.12. The summed E-state index contributed by atoms with van der Waals surface area (Å²) in [7, 11) is 0. The molecule has 0 saturated heterocycles. The molecular formula is C15H17N3O2. The molecular weight excluding hydrogens is 254 g/mol. The highest BCUT2D eigenvalue weighted by atomic mass is 16.4. The molecule has 0 atom stereocenters. The van der Waals surface area contributed by atoms with Crippen LogP contribution >= 0.6 is 0 Å². The van der Waals surface area contributed by atoms with Crippen LogP contribution in [0.3, 0.4) is 0 Å². The summed E-state index contributed by atoms with van der Waals surface area (Å²) in [6, 6.07) is 8.30. The molecule has 1 aromatic heterocycles. The number of aryl methyl sites for hydroxylation is 2. The van der Waals surface area contributed by atoms with E-state index in [1.807, 2.05) is 31.2 Å². The summed E-state index contributed by atoms with van der Waals surface area (Å²) in [4.78, 5) is 11.6. The van der Waals surface area contributed by atoms with Crippen molar-refractivity contribution in [1.82, 2.24) is 15.5 Å². The highest BCUT2D eigenvalue weighted by molar-refractivity contribution is 5.76. The van der Waals surface area contributed by atoms with Crippen LogP contribution in [-0.2, 0) is 11.2 Å². The van der Waals surface area contributed by atoms with Crippen molar-refractivity contribution in [3.8, 4) is 11.5 Å². The quantitative estimate of drug-likeness (QED) is 0.905. The first-order chi connectivity index (χ1) is 9.70. The van der Waals surface area contributed by atoms with E-state index < -0.39 is 0 Å². The fraction of sp³-hybridized carbons (Fsp3) is 0.400. The number of benzene rings is 1. The zero-order chi connectivity index (χ0) is 13.9. The Kier molecular flexibility index (Phi) is 3.50. The van der Waals surface area contributed by atoms with Gasteiger partial charge in [-0.25, -0.2) is 0 Å². The third-order valence-electron chi connectivity index (χ3n) is 3.27. The van der Waals surface area contributed by atoms with Crippen LogP contribution in [0.4, 0.5) is 0 Å². The Bertz CT molecular complexity index is 600. The first kappa shape index (κ1) is 12.8. The Morgan fingerprint density at radius 3 is 2.75 bits per heavy atom. The molecule has 1 fully saturated rings. The molecule has 2 aromatic rings. The highest BCUT2D eigenvalue weighted by Gasteiger charge is 2.23. The summed E-state index contributed by atoms with van der Waals surface area (Å²) in [6.07, 6.45) is 3.08. The molecule has 0 radical (unpaired) electrons. The molecule has 0 bridgehead atoms. The van der Waals surface area contributed by atoms with Gasteiger partial charge in [0, 0.05) is 24.4 Å².